The molecule has 2 aromatic heterocycles. The lowest BCUT2D eigenvalue weighted by Gasteiger charge is -2.03. The van der Waals surface area contributed by atoms with Gasteiger partial charge in [0.1, 0.15) is 12.7 Å². The Kier molecular flexibility index (Phi) is 2.05. The minimum Gasteiger partial charge on any atom is -0.326 e. The molecule has 0 saturated heterocycles. The largest absolute Gasteiger partial charge is 0.326 e. The SMILES string of the molecule is Cc1nn(C)c(-n2cncn2)c1CN. The van der Waals surface area contributed by atoms with Gasteiger partial charge in [0.05, 0.1) is 5.69 Å². The molecule has 0 aliphatic heterocycles. The Morgan fingerprint density at radius 1 is 1.50 bits per heavy atom. The van der Waals surface area contributed by atoms with E-state index < -0.39 is 0 Å². The normalized spacial score (nSPS) is 10.8. The molecule has 0 radical (unpaired) electrons. The van der Waals surface area contributed by atoms with Crippen molar-refractivity contribution in [3.05, 3.63) is 23.9 Å². The fraction of sp³-hybridized carbons (Fsp3) is 0.375. The number of nitrogens with two attached hydrogens (primary N) is 1. The van der Waals surface area contributed by atoms with Crippen LogP contribution in [0.25, 0.3) is 5.82 Å². The van der Waals surface area contributed by atoms with Crippen molar-refractivity contribution >= 4 is 0 Å². The molecular weight excluding hydrogens is 180 g/mol. The Hall–Kier alpha value is -1.69. The van der Waals surface area contributed by atoms with Crippen molar-refractivity contribution in [2.45, 2.75) is 13.5 Å². The number of hydrogen-bond acceptors (Lipinski definition) is 4. The van der Waals surface area contributed by atoms with Gasteiger partial charge >= 0.3 is 0 Å². The highest BCUT2D eigenvalue weighted by Crippen LogP contribution is 2.15. The van der Waals surface area contributed by atoms with Gasteiger partial charge < -0.3 is 5.73 Å². The summed E-state index contributed by atoms with van der Waals surface area (Å²) in [5.74, 6) is 0.877. The first-order valence-electron chi connectivity index (χ1n) is 4.31. The van der Waals surface area contributed by atoms with Crippen molar-refractivity contribution in [1.29, 1.82) is 0 Å². The lowest BCUT2D eigenvalue weighted by Crippen LogP contribution is -2.08. The summed E-state index contributed by atoms with van der Waals surface area (Å²) in [5, 5.41) is 8.34. The Balaban J connectivity index is 2.62. The number of aryl methyl sites for hydroxylation is 2. The van der Waals surface area contributed by atoms with Gasteiger partial charge in [-0.05, 0) is 6.92 Å². The van der Waals surface area contributed by atoms with E-state index in [2.05, 4.69) is 15.2 Å². The Bertz CT molecular complexity index is 427. The van der Waals surface area contributed by atoms with E-state index in [1.54, 1.807) is 15.7 Å². The van der Waals surface area contributed by atoms with Crippen LogP contribution in [0, 0.1) is 6.92 Å². The molecule has 2 aromatic rings. The predicted octanol–water partition coefficient (Wildman–Crippen LogP) is -0.232. The maximum atomic E-state index is 5.66. The predicted molar refractivity (Wildman–Crippen MR) is 50.8 cm³/mol. The van der Waals surface area contributed by atoms with Gasteiger partial charge in [0.2, 0.25) is 0 Å². The molecule has 74 valence electrons. The molecule has 0 aromatic carbocycles. The van der Waals surface area contributed by atoms with Crippen LogP contribution in [-0.2, 0) is 13.6 Å². The molecule has 0 aliphatic carbocycles. The van der Waals surface area contributed by atoms with Crippen molar-refractivity contribution in [2.24, 2.45) is 12.8 Å². The van der Waals surface area contributed by atoms with E-state index >= 15 is 0 Å². The van der Waals surface area contributed by atoms with E-state index in [1.165, 1.54) is 6.33 Å². The highest BCUT2D eigenvalue weighted by atomic mass is 15.4. The third-order valence-corrected chi connectivity index (χ3v) is 2.15. The second-order valence-corrected chi connectivity index (χ2v) is 3.06. The molecular formula is C8H12N6. The van der Waals surface area contributed by atoms with Gasteiger partial charge in [-0.3, -0.25) is 4.68 Å². The van der Waals surface area contributed by atoms with E-state index in [9.17, 15) is 0 Å². The van der Waals surface area contributed by atoms with Crippen molar-refractivity contribution in [1.82, 2.24) is 24.5 Å². The average molecular weight is 192 g/mol. The summed E-state index contributed by atoms with van der Waals surface area (Å²) in [5.41, 5.74) is 7.59. The fourth-order valence-electron chi connectivity index (χ4n) is 1.53. The van der Waals surface area contributed by atoms with Crippen molar-refractivity contribution < 1.29 is 0 Å². The van der Waals surface area contributed by atoms with Crippen LogP contribution in [0.1, 0.15) is 11.3 Å². The van der Waals surface area contributed by atoms with E-state index in [0.717, 1.165) is 17.1 Å². The number of hydrogen-bond donors (Lipinski definition) is 1. The molecule has 2 N–H and O–H groups in total. The second-order valence-electron chi connectivity index (χ2n) is 3.06. The van der Waals surface area contributed by atoms with Gasteiger partial charge in [0, 0.05) is 19.2 Å². The molecule has 0 aliphatic rings. The Morgan fingerprint density at radius 3 is 2.86 bits per heavy atom. The third-order valence-electron chi connectivity index (χ3n) is 2.15. The van der Waals surface area contributed by atoms with Gasteiger partial charge in [-0.15, -0.1) is 0 Å². The van der Waals surface area contributed by atoms with Crippen LogP contribution in [0.4, 0.5) is 0 Å². The minimum absolute atomic E-state index is 0.453. The fourth-order valence-corrected chi connectivity index (χ4v) is 1.53. The van der Waals surface area contributed by atoms with Crippen LogP contribution < -0.4 is 5.73 Å². The third kappa shape index (κ3) is 1.20. The molecule has 6 nitrogen and oxygen atoms in total. The van der Waals surface area contributed by atoms with Crippen LogP contribution in [0.2, 0.25) is 0 Å². The van der Waals surface area contributed by atoms with Crippen LogP contribution in [0.5, 0.6) is 0 Å². The van der Waals surface area contributed by atoms with Crippen molar-refractivity contribution in [3.63, 3.8) is 0 Å². The summed E-state index contributed by atoms with van der Waals surface area (Å²) < 4.78 is 3.42. The summed E-state index contributed by atoms with van der Waals surface area (Å²) in [6.45, 7) is 2.39. The van der Waals surface area contributed by atoms with Crippen molar-refractivity contribution in [2.75, 3.05) is 0 Å². The number of rotatable bonds is 2. The van der Waals surface area contributed by atoms with Gasteiger partial charge in [-0.1, -0.05) is 0 Å². The maximum absolute atomic E-state index is 5.66. The smallest absolute Gasteiger partial charge is 0.158 e. The minimum atomic E-state index is 0.453. The second kappa shape index (κ2) is 3.22. The standard InChI is InChI=1S/C8H12N6/c1-6-7(3-9)8(13(2)12-6)14-5-10-4-11-14/h4-5H,3,9H2,1-2H3. The number of nitrogens with zero attached hydrogens (tertiary/aromatic N) is 5. The van der Waals surface area contributed by atoms with Crippen molar-refractivity contribution in [3.8, 4) is 5.82 Å². The van der Waals surface area contributed by atoms with E-state index in [-0.39, 0.29) is 0 Å². The lowest BCUT2D eigenvalue weighted by molar-refractivity contribution is 0.690. The molecule has 2 heterocycles. The molecule has 0 saturated carbocycles. The zero-order valence-corrected chi connectivity index (χ0v) is 8.18. The Morgan fingerprint density at radius 2 is 2.29 bits per heavy atom. The van der Waals surface area contributed by atoms with Crippen LogP contribution in [-0.4, -0.2) is 24.5 Å². The average Bonchev–Trinajstić information content (AvgIpc) is 2.72. The van der Waals surface area contributed by atoms with Gasteiger partial charge in [-0.2, -0.15) is 10.2 Å². The summed E-state index contributed by atoms with van der Waals surface area (Å²) in [6, 6.07) is 0. The molecule has 2 rings (SSSR count). The maximum Gasteiger partial charge on any atom is 0.158 e. The molecule has 0 fully saturated rings. The summed E-state index contributed by atoms with van der Waals surface area (Å²) in [6.07, 6.45) is 3.12. The molecule has 6 heteroatoms. The van der Waals surface area contributed by atoms with E-state index in [1.807, 2.05) is 14.0 Å². The van der Waals surface area contributed by atoms with Crippen LogP contribution in [0.15, 0.2) is 12.7 Å². The Labute approximate surface area is 81.4 Å². The first kappa shape index (κ1) is 8.89. The molecule has 0 amide bonds. The van der Waals surface area contributed by atoms with Crippen LogP contribution in [0.3, 0.4) is 0 Å². The van der Waals surface area contributed by atoms with E-state index in [0.29, 0.717) is 6.54 Å². The molecule has 0 bridgehead atoms. The van der Waals surface area contributed by atoms with Crippen LogP contribution >= 0.6 is 0 Å². The number of aromatic nitrogens is 5. The molecule has 0 atom stereocenters. The first-order valence-corrected chi connectivity index (χ1v) is 4.31. The first-order chi connectivity index (χ1) is 6.74. The molecule has 14 heavy (non-hydrogen) atoms. The highest BCUT2D eigenvalue weighted by Gasteiger charge is 2.13. The van der Waals surface area contributed by atoms with Gasteiger partial charge in [0.25, 0.3) is 0 Å². The summed E-state index contributed by atoms with van der Waals surface area (Å²) in [7, 11) is 1.86. The monoisotopic (exact) mass is 192 g/mol. The summed E-state index contributed by atoms with van der Waals surface area (Å²) >= 11 is 0. The summed E-state index contributed by atoms with van der Waals surface area (Å²) in [4.78, 5) is 3.89. The highest BCUT2D eigenvalue weighted by molar-refractivity contribution is 5.36. The molecule has 0 spiro atoms. The van der Waals surface area contributed by atoms with Gasteiger partial charge in [0.15, 0.2) is 5.82 Å². The zero-order chi connectivity index (χ0) is 10.1. The quantitative estimate of drug-likeness (QED) is 0.713. The van der Waals surface area contributed by atoms with E-state index in [4.69, 9.17) is 5.73 Å². The molecule has 0 unspecified atom stereocenters. The zero-order valence-electron chi connectivity index (χ0n) is 8.18. The lowest BCUT2D eigenvalue weighted by atomic mass is 10.2. The van der Waals surface area contributed by atoms with Gasteiger partial charge in [-0.25, -0.2) is 9.67 Å². The topological polar surface area (TPSA) is 74.5 Å².